The van der Waals surface area contributed by atoms with Gasteiger partial charge in [-0.1, -0.05) is 15.9 Å². The van der Waals surface area contributed by atoms with E-state index in [0.29, 0.717) is 31.4 Å². The molecule has 0 unspecified atom stereocenters. The highest BCUT2D eigenvalue weighted by Gasteiger charge is 2.26. The summed E-state index contributed by atoms with van der Waals surface area (Å²) in [7, 11) is -2.17. The third-order valence-corrected chi connectivity index (χ3v) is 5.49. The maximum Gasteiger partial charge on any atom is 0.244 e. The van der Waals surface area contributed by atoms with Crippen LogP contribution in [-0.4, -0.2) is 32.8 Å². The summed E-state index contributed by atoms with van der Waals surface area (Å²) in [5.41, 5.74) is 0. The zero-order valence-corrected chi connectivity index (χ0v) is 13.6. The number of nitrogens with one attached hydrogen (secondary N) is 1. The Morgan fingerprint density at radius 3 is 2.55 bits per heavy atom. The standard InChI is InChI=1S/C13H18BrNO4S/c1-19-12-8-9(14)2-7-13(12)20(17,18)15-10-3-5-11(16)6-4-10/h2,7-8,10-11,15-16H,3-6H2,1H3. The van der Waals surface area contributed by atoms with Crippen LogP contribution >= 0.6 is 15.9 Å². The molecule has 1 aromatic rings. The van der Waals surface area contributed by atoms with Crippen molar-refractivity contribution in [2.75, 3.05) is 7.11 Å². The number of aliphatic hydroxyl groups is 1. The predicted molar refractivity (Wildman–Crippen MR) is 79.3 cm³/mol. The molecule has 1 aliphatic carbocycles. The number of ether oxygens (including phenoxy) is 1. The number of methoxy groups -OCH3 is 1. The second-order valence-corrected chi connectivity index (χ2v) is 7.52. The number of hydrogen-bond donors (Lipinski definition) is 2. The van der Waals surface area contributed by atoms with Gasteiger partial charge in [0.2, 0.25) is 10.0 Å². The van der Waals surface area contributed by atoms with Gasteiger partial charge in [-0.2, -0.15) is 0 Å². The van der Waals surface area contributed by atoms with Gasteiger partial charge in [0.15, 0.2) is 0 Å². The topological polar surface area (TPSA) is 75.6 Å². The van der Waals surface area contributed by atoms with Crippen LogP contribution in [0.2, 0.25) is 0 Å². The van der Waals surface area contributed by atoms with Crippen molar-refractivity contribution >= 4 is 26.0 Å². The van der Waals surface area contributed by atoms with Gasteiger partial charge in [0.1, 0.15) is 10.6 Å². The largest absolute Gasteiger partial charge is 0.495 e. The van der Waals surface area contributed by atoms with E-state index in [4.69, 9.17) is 4.74 Å². The molecule has 20 heavy (non-hydrogen) atoms. The summed E-state index contributed by atoms with van der Waals surface area (Å²) in [6, 6.07) is 4.68. The molecule has 1 aromatic carbocycles. The Hall–Kier alpha value is -0.630. The Kier molecular flexibility index (Phi) is 5.06. The summed E-state index contributed by atoms with van der Waals surface area (Å²) in [5, 5.41) is 9.45. The first-order valence-electron chi connectivity index (χ1n) is 6.46. The summed E-state index contributed by atoms with van der Waals surface area (Å²) in [6.45, 7) is 0. The van der Waals surface area contributed by atoms with Crippen molar-refractivity contribution in [1.82, 2.24) is 4.72 Å². The van der Waals surface area contributed by atoms with Gasteiger partial charge in [-0.3, -0.25) is 0 Å². The summed E-state index contributed by atoms with van der Waals surface area (Å²) in [6.07, 6.45) is 2.26. The Balaban J connectivity index is 2.18. The van der Waals surface area contributed by atoms with Crippen LogP contribution < -0.4 is 9.46 Å². The van der Waals surface area contributed by atoms with Crippen LogP contribution in [0.15, 0.2) is 27.6 Å². The number of rotatable bonds is 4. The van der Waals surface area contributed by atoms with Crippen LogP contribution in [0.1, 0.15) is 25.7 Å². The van der Waals surface area contributed by atoms with E-state index in [1.165, 1.54) is 13.2 Å². The van der Waals surface area contributed by atoms with Crippen molar-refractivity contribution in [2.45, 2.75) is 42.7 Å². The number of benzene rings is 1. The molecule has 0 heterocycles. The summed E-state index contributed by atoms with van der Waals surface area (Å²) >= 11 is 3.29. The molecule has 0 atom stereocenters. The van der Waals surface area contributed by atoms with Crippen LogP contribution in [0.4, 0.5) is 0 Å². The van der Waals surface area contributed by atoms with Crippen molar-refractivity contribution in [3.05, 3.63) is 22.7 Å². The van der Waals surface area contributed by atoms with Crippen LogP contribution in [0, 0.1) is 0 Å². The van der Waals surface area contributed by atoms with Gasteiger partial charge in [-0.25, -0.2) is 13.1 Å². The van der Waals surface area contributed by atoms with Crippen molar-refractivity contribution in [3.63, 3.8) is 0 Å². The average Bonchev–Trinajstić information content (AvgIpc) is 2.40. The fraction of sp³-hybridized carbons (Fsp3) is 0.538. The van der Waals surface area contributed by atoms with Crippen molar-refractivity contribution in [1.29, 1.82) is 0 Å². The zero-order chi connectivity index (χ0) is 14.8. The molecule has 0 radical (unpaired) electrons. The summed E-state index contributed by atoms with van der Waals surface area (Å²) < 4.78 is 33.4. The van der Waals surface area contributed by atoms with Crippen LogP contribution in [-0.2, 0) is 10.0 Å². The van der Waals surface area contributed by atoms with Gasteiger partial charge >= 0.3 is 0 Å². The van der Waals surface area contributed by atoms with Crippen LogP contribution in [0.3, 0.4) is 0 Å². The smallest absolute Gasteiger partial charge is 0.244 e. The average molecular weight is 364 g/mol. The number of aliphatic hydroxyl groups excluding tert-OH is 1. The zero-order valence-electron chi connectivity index (χ0n) is 11.2. The Bertz CT molecular complexity index is 568. The van der Waals surface area contributed by atoms with Gasteiger partial charge in [0, 0.05) is 10.5 Å². The van der Waals surface area contributed by atoms with Gasteiger partial charge in [0.25, 0.3) is 0 Å². The summed E-state index contributed by atoms with van der Waals surface area (Å²) in [4.78, 5) is 0.134. The highest BCUT2D eigenvalue weighted by Crippen LogP contribution is 2.28. The SMILES string of the molecule is COc1cc(Br)ccc1S(=O)(=O)NC1CCC(O)CC1. The van der Waals surface area contributed by atoms with E-state index < -0.39 is 10.0 Å². The quantitative estimate of drug-likeness (QED) is 0.858. The number of sulfonamides is 1. The molecule has 5 nitrogen and oxygen atoms in total. The second kappa shape index (κ2) is 6.43. The summed E-state index contributed by atoms with van der Waals surface area (Å²) in [5.74, 6) is 0.308. The minimum absolute atomic E-state index is 0.128. The van der Waals surface area contributed by atoms with E-state index in [9.17, 15) is 13.5 Å². The van der Waals surface area contributed by atoms with E-state index in [2.05, 4.69) is 20.7 Å². The lowest BCUT2D eigenvalue weighted by Gasteiger charge is -2.26. The Labute approximate surface area is 127 Å². The first-order valence-corrected chi connectivity index (χ1v) is 8.74. The highest BCUT2D eigenvalue weighted by molar-refractivity contribution is 9.10. The molecule has 0 bridgehead atoms. The number of halogens is 1. The Morgan fingerprint density at radius 2 is 1.95 bits per heavy atom. The molecular formula is C13H18BrNO4S. The monoisotopic (exact) mass is 363 g/mol. The molecule has 0 aliphatic heterocycles. The lowest BCUT2D eigenvalue weighted by Crippen LogP contribution is -2.38. The fourth-order valence-corrected chi connectivity index (χ4v) is 4.14. The van der Waals surface area contributed by atoms with E-state index >= 15 is 0 Å². The second-order valence-electron chi connectivity index (χ2n) is 4.92. The van der Waals surface area contributed by atoms with Crippen LogP contribution in [0.25, 0.3) is 0 Å². The maximum absolute atomic E-state index is 12.4. The first kappa shape index (κ1) is 15.8. The van der Waals surface area contributed by atoms with Crippen molar-refractivity contribution in [3.8, 4) is 5.75 Å². The molecule has 0 aromatic heterocycles. The van der Waals surface area contributed by atoms with Gasteiger partial charge in [-0.15, -0.1) is 0 Å². The lowest BCUT2D eigenvalue weighted by molar-refractivity contribution is 0.120. The molecular weight excluding hydrogens is 346 g/mol. The Morgan fingerprint density at radius 1 is 1.30 bits per heavy atom. The molecule has 2 N–H and O–H groups in total. The molecule has 7 heteroatoms. The maximum atomic E-state index is 12.4. The lowest BCUT2D eigenvalue weighted by atomic mass is 9.94. The molecule has 0 amide bonds. The van der Waals surface area contributed by atoms with E-state index in [-0.39, 0.29) is 17.0 Å². The molecule has 0 saturated heterocycles. The van der Waals surface area contributed by atoms with E-state index in [1.54, 1.807) is 12.1 Å². The first-order chi connectivity index (χ1) is 9.42. The van der Waals surface area contributed by atoms with Gasteiger partial charge in [0.05, 0.1) is 13.2 Å². The number of hydrogen-bond acceptors (Lipinski definition) is 4. The molecule has 1 saturated carbocycles. The molecule has 112 valence electrons. The molecule has 0 spiro atoms. The molecule has 1 aliphatic rings. The van der Waals surface area contributed by atoms with Gasteiger partial charge in [-0.05, 0) is 43.9 Å². The van der Waals surface area contributed by atoms with E-state index in [1.807, 2.05) is 0 Å². The molecule has 1 fully saturated rings. The minimum atomic E-state index is -3.61. The third kappa shape index (κ3) is 3.72. The third-order valence-electron chi connectivity index (χ3n) is 3.43. The molecule has 2 rings (SSSR count). The van der Waals surface area contributed by atoms with Crippen LogP contribution in [0.5, 0.6) is 5.75 Å². The highest BCUT2D eigenvalue weighted by atomic mass is 79.9. The van der Waals surface area contributed by atoms with Crippen molar-refractivity contribution in [2.24, 2.45) is 0 Å². The van der Waals surface area contributed by atoms with E-state index in [0.717, 1.165) is 4.47 Å². The predicted octanol–water partition coefficient (Wildman–Crippen LogP) is 2.04. The normalized spacial score (nSPS) is 23.6. The minimum Gasteiger partial charge on any atom is -0.495 e. The van der Waals surface area contributed by atoms with Gasteiger partial charge < -0.3 is 9.84 Å². The van der Waals surface area contributed by atoms with Crippen molar-refractivity contribution < 1.29 is 18.3 Å². The fourth-order valence-electron chi connectivity index (χ4n) is 2.34.